The van der Waals surface area contributed by atoms with E-state index in [1.165, 1.54) is 12.0 Å². The molecule has 1 aliphatic rings. The highest BCUT2D eigenvalue weighted by Gasteiger charge is 2.36. The van der Waals surface area contributed by atoms with Crippen LogP contribution in [0.5, 0.6) is 0 Å². The quantitative estimate of drug-likeness (QED) is 0.456. The van der Waals surface area contributed by atoms with Crippen molar-refractivity contribution in [3.63, 3.8) is 0 Å². The van der Waals surface area contributed by atoms with Gasteiger partial charge >= 0.3 is 17.8 Å². The number of likely N-dealkylation sites (tertiary alicyclic amines) is 1. The maximum absolute atomic E-state index is 11.6. The summed E-state index contributed by atoms with van der Waals surface area (Å²) >= 11 is 0. The SMILES string of the molecule is COC(=O)C(=O)N1CCCCC1C(=O)OC. The van der Waals surface area contributed by atoms with Gasteiger partial charge in [0.05, 0.1) is 14.2 Å². The van der Waals surface area contributed by atoms with Crippen LogP contribution in [0, 0.1) is 0 Å². The molecule has 6 nitrogen and oxygen atoms in total. The second-order valence-electron chi connectivity index (χ2n) is 3.52. The molecule has 0 bridgehead atoms. The molecular weight excluding hydrogens is 214 g/mol. The number of rotatable bonds is 1. The molecule has 1 fully saturated rings. The molecular formula is C10H15NO5. The lowest BCUT2D eigenvalue weighted by molar-refractivity contribution is -0.164. The van der Waals surface area contributed by atoms with Gasteiger partial charge < -0.3 is 14.4 Å². The normalized spacial score (nSPS) is 20.1. The molecule has 0 saturated carbocycles. The fourth-order valence-electron chi connectivity index (χ4n) is 1.76. The molecule has 1 saturated heterocycles. The summed E-state index contributed by atoms with van der Waals surface area (Å²) < 4.78 is 8.94. The van der Waals surface area contributed by atoms with Crippen molar-refractivity contribution < 1.29 is 23.9 Å². The van der Waals surface area contributed by atoms with E-state index in [1.54, 1.807) is 0 Å². The van der Waals surface area contributed by atoms with E-state index in [0.717, 1.165) is 20.0 Å². The number of carbonyl (C=O) groups excluding carboxylic acids is 3. The molecule has 90 valence electrons. The zero-order valence-electron chi connectivity index (χ0n) is 9.39. The minimum absolute atomic E-state index is 0.383. The number of hydrogen-bond donors (Lipinski definition) is 0. The number of carbonyl (C=O) groups is 3. The van der Waals surface area contributed by atoms with Crippen LogP contribution in [0.3, 0.4) is 0 Å². The first-order chi connectivity index (χ1) is 7.61. The Labute approximate surface area is 93.5 Å². The van der Waals surface area contributed by atoms with E-state index >= 15 is 0 Å². The molecule has 0 radical (unpaired) electrons. The van der Waals surface area contributed by atoms with Crippen molar-refractivity contribution in [3.05, 3.63) is 0 Å². The number of ether oxygens (including phenoxy) is 2. The monoisotopic (exact) mass is 229 g/mol. The first-order valence-corrected chi connectivity index (χ1v) is 5.08. The summed E-state index contributed by atoms with van der Waals surface area (Å²) in [5.41, 5.74) is 0. The van der Waals surface area contributed by atoms with Crippen LogP contribution in [0.2, 0.25) is 0 Å². The number of esters is 2. The van der Waals surface area contributed by atoms with Gasteiger partial charge in [-0.2, -0.15) is 0 Å². The largest absolute Gasteiger partial charge is 0.467 e. The topological polar surface area (TPSA) is 72.9 Å². The number of hydrogen-bond acceptors (Lipinski definition) is 5. The molecule has 1 rings (SSSR count). The first-order valence-electron chi connectivity index (χ1n) is 5.08. The summed E-state index contributed by atoms with van der Waals surface area (Å²) in [5, 5.41) is 0. The molecule has 1 heterocycles. The van der Waals surface area contributed by atoms with Crippen molar-refractivity contribution in [1.29, 1.82) is 0 Å². The van der Waals surface area contributed by atoms with Gasteiger partial charge in [-0.1, -0.05) is 0 Å². The minimum atomic E-state index is -0.948. The van der Waals surface area contributed by atoms with Gasteiger partial charge in [-0.05, 0) is 19.3 Å². The highest BCUT2D eigenvalue weighted by Crippen LogP contribution is 2.18. The average molecular weight is 229 g/mol. The van der Waals surface area contributed by atoms with Gasteiger partial charge in [0.25, 0.3) is 0 Å². The molecule has 1 atom stereocenters. The van der Waals surface area contributed by atoms with Gasteiger partial charge in [0.1, 0.15) is 6.04 Å². The Morgan fingerprint density at radius 2 is 1.81 bits per heavy atom. The van der Waals surface area contributed by atoms with Gasteiger partial charge in [0.15, 0.2) is 0 Å². The van der Waals surface area contributed by atoms with Gasteiger partial charge in [0, 0.05) is 6.54 Å². The molecule has 1 unspecified atom stereocenters. The predicted octanol–water partition coefficient (Wildman–Crippen LogP) is -0.287. The lowest BCUT2D eigenvalue weighted by Crippen LogP contribution is -2.51. The Hall–Kier alpha value is -1.59. The predicted molar refractivity (Wildman–Crippen MR) is 53.4 cm³/mol. The molecule has 1 aliphatic heterocycles. The third-order valence-corrected chi connectivity index (χ3v) is 2.60. The van der Waals surface area contributed by atoms with Crippen molar-refractivity contribution in [2.75, 3.05) is 20.8 Å². The number of methoxy groups -OCH3 is 2. The van der Waals surface area contributed by atoms with E-state index in [1.807, 2.05) is 0 Å². The van der Waals surface area contributed by atoms with E-state index in [-0.39, 0.29) is 0 Å². The van der Waals surface area contributed by atoms with Crippen molar-refractivity contribution in [1.82, 2.24) is 4.90 Å². The number of amides is 1. The fraction of sp³-hybridized carbons (Fsp3) is 0.700. The van der Waals surface area contributed by atoms with Gasteiger partial charge in [-0.15, -0.1) is 0 Å². The van der Waals surface area contributed by atoms with E-state index in [9.17, 15) is 14.4 Å². The Kier molecular flexibility index (Phi) is 4.28. The molecule has 0 aromatic rings. The third kappa shape index (κ3) is 2.50. The highest BCUT2D eigenvalue weighted by atomic mass is 16.5. The molecule has 0 aliphatic carbocycles. The van der Waals surface area contributed by atoms with E-state index in [4.69, 9.17) is 0 Å². The van der Waals surface area contributed by atoms with Crippen LogP contribution in [0.25, 0.3) is 0 Å². The Balaban J connectivity index is 2.77. The van der Waals surface area contributed by atoms with Gasteiger partial charge in [-0.3, -0.25) is 4.79 Å². The van der Waals surface area contributed by atoms with E-state index in [2.05, 4.69) is 9.47 Å². The summed E-state index contributed by atoms with van der Waals surface area (Å²) in [6, 6.07) is -0.662. The van der Waals surface area contributed by atoms with Crippen LogP contribution in [0.4, 0.5) is 0 Å². The highest BCUT2D eigenvalue weighted by molar-refractivity contribution is 6.32. The number of nitrogens with zero attached hydrogens (tertiary/aromatic N) is 1. The Morgan fingerprint density at radius 1 is 1.12 bits per heavy atom. The second kappa shape index (κ2) is 5.48. The maximum atomic E-state index is 11.6. The summed E-state index contributed by atoms with van der Waals surface area (Å²) in [6.07, 6.45) is 2.14. The zero-order valence-corrected chi connectivity index (χ0v) is 9.39. The van der Waals surface area contributed by atoms with Crippen LogP contribution in [-0.2, 0) is 23.9 Å². The minimum Gasteiger partial charge on any atom is -0.467 e. The fourth-order valence-corrected chi connectivity index (χ4v) is 1.76. The molecule has 0 aromatic heterocycles. The average Bonchev–Trinajstić information content (AvgIpc) is 2.35. The molecule has 16 heavy (non-hydrogen) atoms. The standard InChI is InChI=1S/C10H15NO5/c1-15-9(13)7-5-3-4-6-11(7)8(12)10(14)16-2/h7H,3-6H2,1-2H3. The molecule has 1 amide bonds. The first kappa shape index (κ1) is 12.5. The van der Waals surface area contributed by atoms with E-state index < -0.39 is 23.9 Å². The molecule has 0 spiro atoms. The summed E-state index contributed by atoms with van der Waals surface area (Å²) in [7, 11) is 2.40. The lowest BCUT2D eigenvalue weighted by atomic mass is 10.0. The Bertz CT molecular complexity index is 302. The van der Waals surface area contributed by atoms with Crippen LogP contribution >= 0.6 is 0 Å². The van der Waals surface area contributed by atoms with Crippen LogP contribution in [-0.4, -0.2) is 49.6 Å². The summed E-state index contributed by atoms with van der Waals surface area (Å²) in [6.45, 7) is 0.383. The summed E-state index contributed by atoms with van der Waals surface area (Å²) in [4.78, 5) is 35.4. The number of piperidine rings is 1. The van der Waals surface area contributed by atoms with Crippen molar-refractivity contribution in [2.45, 2.75) is 25.3 Å². The third-order valence-electron chi connectivity index (χ3n) is 2.60. The van der Waals surface area contributed by atoms with Crippen LogP contribution in [0.1, 0.15) is 19.3 Å². The Morgan fingerprint density at radius 3 is 2.38 bits per heavy atom. The molecule has 0 aromatic carbocycles. The van der Waals surface area contributed by atoms with Crippen LogP contribution in [0.15, 0.2) is 0 Å². The zero-order chi connectivity index (χ0) is 12.1. The maximum Gasteiger partial charge on any atom is 0.396 e. The molecule has 0 N–H and O–H groups in total. The van der Waals surface area contributed by atoms with Crippen molar-refractivity contribution in [3.8, 4) is 0 Å². The smallest absolute Gasteiger partial charge is 0.396 e. The van der Waals surface area contributed by atoms with Gasteiger partial charge in [0.2, 0.25) is 0 Å². The van der Waals surface area contributed by atoms with Crippen molar-refractivity contribution >= 4 is 17.8 Å². The van der Waals surface area contributed by atoms with Crippen LogP contribution < -0.4 is 0 Å². The van der Waals surface area contributed by atoms with E-state index in [0.29, 0.717) is 13.0 Å². The van der Waals surface area contributed by atoms with Gasteiger partial charge in [-0.25, -0.2) is 9.59 Å². The second-order valence-corrected chi connectivity index (χ2v) is 3.52. The van der Waals surface area contributed by atoms with Crippen molar-refractivity contribution in [2.24, 2.45) is 0 Å². The lowest BCUT2D eigenvalue weighted by Gasteiger charge is -2.32. The summed E-state index contributed by atoms with van der Waals surface area (Å²) in [5.74, 6) is -2.22. The molecule has 6 heteroatoms.